The lowest BCUT2D eigenvalue weighted by molar-refractivity contribution is -0.133. The van der Waals surface area contributed by atoms with Crippen molar-refractivity contribution >= 4 is 23.0 Å². The highest BCUT2D eigenvalue weighted by molar-refractivity contribution is 7.12. The highest BCUT2D eigenvalue weighted by Gasteiger charge is 2.21. The van der Waals surface area contributed by atoms with Gasteiger partial charge >= 0.3 is 0 Å². The predicted octanol–water partition coefficient (Wildman–Crippen LogP) is 2.33. The monoisotopic (exact) mass is 283 g/mol. The molecule has 1 N–H and O–H groups in total. The highest BCUT2D eigenvalue weighted by atomic mass is 32.1. The summed E-state index contributed by atoms with van der Waals surface area (Å²) in [5, 5.41) is 11.6. The molecule has 0 aliphatic heterocycles. The van der Waals surface area contributed by atoms with E-state index >= 15 is 0 Å². The zero-order valence-corrected chi connectivity index (χ0v) is 12.5. The number of Topliss-reactive ketones (excluding diaryl/α,β-unsaturated/α-hetero) is 1. The van der Waals surface area contributed by atoms with E-state index in [0.29, 0.717) is 11.4 Å². The minimum atomic E-state index is -0.913. The van der Waals surface area contributed by atoms with Crippen molar-refractivity contribution in [2.75, 3.05) is 13.1 Å². The largest absolute Gasteiger partial charge is 0.389 e. The van der Waals surface area contributed by atoms with Crippen molar-refractivity contribution in [2.24, 2.45) is 0 Å². The first-order valence-electron chi connectivity index (χ1n) is 6.40. The number of likely N-dealkylation sites (N-methyl/N-ethyl adjacent to an activating group) is 1. The SMILES string of the molecule is CCN(CC(C)(C)O)C(=O)CCC(=O)c1cccs1. The lowest BCUT2D eigenvalue weighted by Gasteiger charge is -2.28. The first-order chi connectivity index (χ1) is 8.83. The topological polar surface area (TPSA) is 57.6 Å². The van der Waals surface area contributed by atoms with Gasteiger partial charge in [-0.2, -0.15) is 0 Å². The van der Waals surface area contributed by atoms with E-state index in [1.54, 1.807) is 24.8 Å². The molecule has 1 aromatic rings. The zero-order chi connectivity index (χ0) is 14.5. The Bertz CT molecular complexity index is 420. The summed E-state index contributed by atoms with van der Waals surface area (Å²) in [7, 11) is 0. The number of nitrogens with zero attached hydrogens (tertiary/aromatic N) is 1. The second-order valence-electron chi connectivity index (χ2n) is 5.12. The molecule has 0 radical (unpaired) electrons. The van der Waals surface area contributed by atoms with Gasteiger partial charge in [0.05, 0.1) is 10.5 Å². The Morgan fingerprint density at radius 1 is 1.37 bits per heavy atom. The van der Waals surface area contributed by atoms with Crippen LogP contribution in [0.1, 0.15) is 43.3 Å². The molecule has 0 fully saturated rings. The summed E-state index contributed by atoms with van der Waals surface area (Å²) in [6.45, 7) is 6.02. The smallest absolute Gasteiger partial charge is 0.223 e. The van der Waals surface area contributed by atoms with Crippen molar-refractivity contribution in [3.8, 4) is 0 Å². The van der Waals surface area contributed by atoms with Gasteiger partial charge in [-0.15, -0.1) is 11.3 Å². The Balaban J connectivity index is 2.47. The number of carbonyl (C=O) groups is 2. The van der Waals surface area contributed by atoms with E-state index in [2.05, 4.69) is 0 Å². The summed E-state index contributed by atoms with van der Waals surface area (Å²) in [6.07, 6.45) is 0.419. The van der Waals surface area contributed by atoms with Crippen LogP contribution in [0, 0.1) is 0 Å². The van der Waals surface area contributed by atoms with Crippen molar-refractivity contribution in [3.63, 3.8) is 0 Å². The molecular weight excluding hydrogens is 262 g/mol. The van der Waals surface area contributed by atoms with Crippen LogP contribution in [0.2, 0.25) is 0 Å². The highest BCUT2D eigenvalue weighted by Crippen LogP contribution is 2.13. The van der Waals surface area contributed by atoms with Gasteiger partial charge in [0.25, 0.3) is 0 Å². The third-order valence-electron chi connectivity index (χ3n) is 2.67. The number of amides is 1. The molecule has 1 aromatic heterocycles. The molecule has 1 rings (SSSR count). The maximum Gasteiger partial charge on any atom is 0.223 e. The molecule has 0 aromatic carbocycles. The molecule has 1 heterocycles. The molecule has 0 atom stereocenters. The van der Waals surface area contributed by atoms with Crippen LogP contribution in [0.25, 0.3) is 0 Å². The molecular formula is C14H21NO3S. The summed E-state index contributed by atoms with van der Waals surface area (Å²) in [6, 6.07) is 3.60. The summed E-state index contributed by atoms with van der Waals surface area (Å²) < 4.78 is 0. The van der Waals surface area contributed by atoms with Gasteiger partial charge in [-0.3, -0.25) is 9.59 Å². The summed E-state index contributed by atoms with van der Waals surface area (Å²) >= 11 is 1.39. The maximum atomic E-state index is 12.0. The van der Waals surface area contributed by atoms with Crippen LogP contribution in [0.3, 0.4) is 0 Å². The molecule has 106 valence electrons. The molecule has 4 nitrogen and oxygen atoms in total. The normalized spacial score (nSPS) is 11.4. The molecule has 0 spiro atoms. The number of carbonyl (C=O) groups excluding carboxylic acids is 2. The van der Waals surface area contributed by atoms with E-state index < -0.39 is 5.60 Å². The zero-order valence-electron chi connectivity index (χ0n) is 11.7. The second kappa shape index (κ2) is 6.82. The molecule has 19 heavy (non-hydrogen) atoms. The Morgan fingerprint density at radius 2 is 2.05 bits per heavy atom. The lowest BCUT2D eigenvalue weighted by atomic mass is 10.1. The van der Waals surface area contributed by atoms with E-state index in [0.717, 1.165) is 0 Å². The van der Waals surface area contributed by atoms with Gasteiger partial charge in [0, 0.05) is 25.9 Å². The van der Waals surface area contributed by atoms with Crippen molar-refractivity contribution in [2.45, 2.75) is 39.2 Å². The number of aliphatic hydroxyl groups is 1. The van der Waals surface area contributed by atoms with Crippen LogP contribution in [0.4, 0.5) is 0 Å². The van der Waals surface area contributed by atoms with E-state index in [1.807, 2.05) is 18.4 Å². The maximum absolute atomic E-state index is 12.0. The van der Waals surface area contributed by atoms with Crippen LogP contribution in [-0.2, 0) is 4.79 Å². The molecule has 0 bridgehead atoms. The quantitative estimate of drug-likeness (QED) is 0.781. The number of hydrogen-bond donors (Lipinski definition) is 1. The summed E-state index contributed by atoms with van der Waals surface area (Å²) in [5.74, 6) is -0.0859. The van der Waals surface area contributed by atoms with Crippen molar-refractivity contribution in [1.82, 2.24) is 4.90 Å². The van der Waals surface area contributed by atoms with E-state index in [9.17, 15) is 14.7 Å². The van der Waals surface area contributed by atoms with Crippen LogP contribution in [-0.4, -0.2) is 40.4 Å². The van der Waals surface area contributed by atoms with Gasteiger partial charge in [0.1, 0.15) is 0 Å². The van der Waals surface area contributed by atoms with Crippen LogP contribution in [0.5, 0.6) is 0 Å². The average molecular weight is 283 g/mol. The molecule has 5 heteroatoms. The van der Waals surface area contributed by atoms with Crippen molar-refractivity contribution < 1.29 is 14.7 Å². The minimum absolute atomic E-state index is 0.00246. The van der Waals surface area contributed by atoms with Crippen LogP contribution >= 0.6 is 11.3 Å². The first-order valence-corrected chi connectivity index (χ1v) is 7.28. The molecule has 1 amide bonds. The summed E-state index contributed by atoms with van der Waals surface area (Å²) in [5.41, 5.74) is -0.913. The third kappa shape index (κ3) is 5.53. The number of ketones is 1. The van der Waals surface area contributed by atoms with E-state index in [-0.39, 0.29) is 31.1 Å². The Labute approximate surface area is 118 Å². The van der Waals surface area contributed by atoms with Gasteiger partial charge < -0.3 is 10.0 Å². The van der Waals surface area contributed by atoms with E-state index in [4.69, 9.17) is 0 Å². The standard InChI is InChI=1S/C14H21NO3S/c1-4-15(10-14(2,3)18)13(17)8-7-11(16)12-6-5-9-19-12/h5-6,9,18H,4,7-8,10H2,1-3H3. The molecule has 0 unspecified atom stereocenters. The van der Waals surface area contributed by atoms with Crippen molar-refractivity contribution in [1.29, 1.82) is 0 Å². The fourth-order valence-electron chi connectivity index (χ4n) is 1.78. The fraction of sp³-hybridized carbons (Fsp3) is 0.571. The first kappa shape index (κ1) is 15.9. The average Bonchev–Trinajstić information content (AvgIpc) is 2.85. The van der Waals surface area contributed by atoms with Crippen molar-refractivity contribution in [3.05, 3.63) is 22.4 Å². The predicted molar refractivity (Wildman–Crippen MR) is 76.4 cm³/mol. The Hall–Kier alpha value is -1.20. The van der Waals surface area contributed by atoms with Crippen LogP contribution < -0.4 is 0 Å². The third-order valence-corrected chi connectivity index (χ3v) is 3.59. The molecule has 0 saturated carbocycles. The molecule has 0 saturated heterocycles. The minimum Gasteiger partial charge on any atom is -0.389 e. The number of thiophene rings is 1. The van der Waals surface area contributed by atoms with Gasteiger partial charge in [-0.25, -0.2) is 0 Å². The fourth-order valence-corrected chi connectivity index (χ4v) is 2.48. The van der Waals surface area contributed by atoms with E-state index in [1.165, 1.54) is 11.3 Å². The second-order valence-corrected chi connectivity index (χ2v) is 6.07. The Kier molecular flexibility index (Phi) is 5.69. The lowest BCUT2D eigenvalue weighted by Crippen LogP contribution is -2.42. The number of rotatable bonds is 7. The summed E-state index contributed by atoms with van der Waals surface area (Å²) in [4.78, 5) is 26.1. The van der Waals surface area contributed by atoms with Crippen LogP contribution in [0.15, 0.2) is 17.5 Å². The number of hydrogen-bond acceptors (Lipinski definition) is 4. The van der Waals surface area contributed by atoms with Gasteiger partial charge in [0.15, 0.2) is 5.78 Å². The molecule has 0 aliphatic carbocycles. The van der Waals surface area contributed by atoms with Gasteiger partial charge in [-0.1, -0.05) is 6.07 Å². The molecule has 0 aliphatic rings. The van der Waals surface area contributed by atoms with Gasteiger partial charge in [0.2, 0.25) is 5.91 Å². The Morgan fingerprint density at radius 3 is 2.53 bits per heavy atom. The van der Waals surface area contributed by atoms with Gasteiger partial charge in [-0.05, 0) is 32.2 Å².